The maximum absolute atomic E-state index is 12.8. The van der Waals surface area contributed by atoms with Crippen LogP contribution in [0.15, 0.2) is 42.5 Å². The van der Waals surface area contributed by atoms with Crippen molar-refractivity contribution in [2.45, 2.75) is 19.1 Å². The molecule has 0 heterocycles. The standard InChI is InChI=1S/C21H25F3N2O3/c1-26(13-16-5-4-6-17(11-16)21(22,23)24)14-20(27)25-10-9-15-7-8-18(28-2)19(12-15)29-3/h4-8,11-12H,9-10,13-14H2,1-3H3,(H,25,27). The highest BCUT2D eigenvalue weighted by molar-refractivity contribution is 5.77. The number of amides is 1. The van der Waals surface area contributed by atoms with Crippen LogP contribution in [0.4, 0.5) is 13.2 Å². The predicted molar refractivity (Wildman–Crippen MR) is 104 cm³/mol. The number of hydrogen-bond donors (Lipinski definition) is 1. The number of hydrogen-bond acceptors (Lipinski definition) is 4. The Morgan fingerprint density at radius 2 is 1.76 bits per heavy atom. The van der Waals surface area contributed by atoms with Gasteiger partial charge in [0.1, 0.15) is 0 Å². The van der Waals surface area contributed by atoms with E-state index in [0.717, 1.165) is 17.7 Å². The quantitative estimate of drug-likeness (QED) is 0.687. The smallest absolute Gasteiger partial charge is 0.416 e. The Morgan fingerprint density at radius 3 is 2.41 bits per heavy atom. The lowest BCUT2D eigenvalue weighted by molar-refractivity contribution is -0.137. The van der Waals surface area contributed by atoms with E-state index in [1.807, 2.05) is 12.1 Å². The first-order valence-electron chi connectivity index (χ1n) is 9.05. The van der Waals surface area contributed by atoms with Gasteiger partial charge in [-0.15, -0.1) is 0 Å². The summed E-state index contributed by atoms with van der Waals surface area (Å²) < 4.78 is 48.8. The van der Waals surface area contributed by atoms with E-state index in [0.29, 0.717) is 30.0 Å². The molecule has 1 N–H and O–H groups in total. The van der Waals surface area contributed by atoms with Gasteiger partial charge in [-0.2, -0.15) is 13.2 Å². The second-order valence-corrected chi connectivity index (χ2v) is 6.66. The summed E-state index contributed by atoms with van der Waals surface area (Å²) >= 11 is 0. The van der Waals surface area contributed by atoms with E-state index in [1.165, 1.54) is 6.07 Å². The summed E-state index contributed by atoms with van der Waals surface area (Å²) in [5, 5.41) is 2.82. The molecule has 0 saturated carbocycles. The van der Waals surface area contributed by atoms with E-state index >= 15 is 0 Å². The van der Waals surface area contributed by atoms with E-state index < -0.39 is 11.7 Å². The van der Waals surface area contributed by atoms with E-state index in [1.54, 1.807) is 38.3 Å². The van der Waals surface area contributed by atoms with Crippen LogP contribution >= 0.6 is 0 Å². The fourth-order valence-electron chi connectivity index (χ4n) is 2.90. The molecule has 0 unspecified atom stereocenters. The molecule has 0 spiro atoms. The van der Waals surface area contributed by atoms with Crippen molar-refractivity contribution in [2.24, 2.45) is 0 Å². The molecular formula is C21H25F3N2O3. The third kappa shape index (κ3) is 6.98. The van der Waals surface area contributed by atoms with Gasteiger partial charge in [0.15, 0.2) is 11.5 Å². The zero-order chi connectivity index (χ0) is 21.4. The number of halogens is 3. The predicted octanol–water partition coefficient (Wildman–Crippen LogP) is 3.51. The monoisotopic (exact) mass is 410 g/mol. The molecule has 2 aromatic rings. The molecule has 0 fully saturated rings. The molecule has 0 saturated heterocycles. The second-order valence-electron chi connectivity index (χ2n) is 6.66. The number of nitrogens with one attached hydrogen (secondary N) is 1. The number of ether oxygens (including phenoxy) is 2. The topological polar surface area (TPSA) is 50.8 Å². The maximum atomic E-state index is 12.8. The van der Waals surface area contributed by atoms with Crippen molar-refractivity contribution < 1.29 is 27.4 Å². The van der Waals surface area contributed by atoms with Gasteiger partial charge < -0.3 is 14.8 Å². The van der Waals surface area contributed by atoms with Crippen LogP contribution in [0.2, 0.25) is 0 Å². The number of alkyl halides is 3. The van der Waals surface area contributed by atoms with Crippen LogP contribution in [-0.2, 0) is 23.9 Å². The first-order chi connectivity index (χ1) is 13.7. The molecule has 29 heavy (non-hydrogen) atoms. The van der Waals surface area contributed by atoms with Gasteiger partial charge in [0.25, 0.3) is 0 Å². The van der Waals surface area contributed by atoms with Crippen LogP contribution in [0.1, 0.15) is 16.7 Å². The number of nitrogens with zero attached hydrogens (tertiary/aromatic N) is 1. The minimum atomic E-state index is -4.38. The van der Waals surface area contributed by atoms with Gasteiger partial charge in [0.2, 0.25) is 5.91 Å². The molecular weight excluding hydrogens is 385 g/mol. The van der Waals surface area contributed by atoms with Crippen molar-refractivity contribution in [3.8, 4) is 11.5 Å². The first kappa shape index (κ1) is 22.5. The van der Waals surface area contributed by atoms with Crippen molar-refractivity contribution in [3.05, 3.63) is 59.2 Å². The van der Waals surface area contributed by atoms with Crippen LogP contribution in [0.25, 0.3) is 0 Å². The van der Waals surface area contributed by atoms with Crippen molar-refractivity contribution in [1.29, 1.82) is 0 Å². The largest absolute Gasteiger partial charge is 0.493 e. The molecule has 0 aliphatic carbocycles. The van der Waals surface area contributed by atoms with Gasteiger partial charge in [-0.05, 0) is 42.8 Å². The summed E-state index contributed by atoms with van der Waals surface area (Å²) in [5.41, 5.74) is 0.795. The summed E-state index contributed by atoms with van der Waals surface area (Å²) in [7, 11) is 4.81. The zero-order valence-electron chi connectivity index (χ0n) is 16.7. The van der Waals surface area contributed by atoms with Gasteiger partial charge in [0, 0.05) is 13.1 Å². The molecule has 0 aromatic heterocycles. The van der Waals surface area contributed by atoms with E-state index in [2.05, 4.69) is 5.32 Å². The van der Waals surface area contributed by atoms with Gasteiger partial charge >= 0.3 is 6.18 Å². The third-order valence-electron chi connectivity index (χ3n) is 4.30. The molecule has 0 bridgehead atoms. The maximum Gasteiger partial charge on any atom is 0.416 e. The van der Waals surface area contributed by atoms with Crippen LogP contribution in [0.3, 0.4) is 0 Å². The van der Waals surface area contributed by atoms with Crippen LogP contribution in [0, 0.1) is 0 Å². The number of rotatable bonds is 9. The lowest BCUT2D eigenvalue weighted by Crippen LogP contribution is -2.35. The third-order valence-corrected chi connectivity index (χ3v) is 4.30. The van der Waals surface area contributed by atoms with E-state index in [4.69, 9.17) is 9.47 Å². The van der Waals surface area contributed by atoms with Crippen molar-refractivity contribution in [2.75, 3.05) is 34.4 Å². The van der Waals surface area contributed by atoms with Gasteiger partial charge in [-0.3, -0.25) is 9.69 Å². The van der Waals surface area contributed by atoms with Gasteiger partial charge in [-0.25, -0.2) is 0 Å². The van der Waals surface area contributed by atoms with E-state index in [9.17, 15) is 18.0 Å². The van der Waals surface area contributed by atoms with E-state index in [-0.39, 0.29) is 19.0 Å². The Balaban J connectivity index is 1.80. The molecule has 2 rings (SSSR count). The molecule has 0 atom stereocenters. The summed E-state index contributed by atoms with van der Waals surface area (Å²) in [6, 6.07) is 10.7. The van der Waals surface area contributed by atoms with Crippen molar-refractivity contribution >= 4 is 5.91 Å². The highest BCUT2D eigenvalue weighted by atomic mass is 19.4. The number of likely N-dealkylation sites (N-methyl/N-ethyl adjacent to an activating group) is 1. The van der Waals surface area contributed by atoms with Gasteiger partial charge in [0.05, 0.1) is 26.3 Å². The highest BCUT2D eigenvalue weighted by Crippen LogP contribution is 2.30. The summed E-state index contributed by atoms with van der Waals surface area (Å²) in [5.74, 6) is 1.06. The molecule has 5 nitrogen and oxygen atoms in total. The molecule has 8 heteroatoms. The number of carbonyl (C=O) groups excluding carboxylic acids is 1. The zero-order valence-corrected chi connectivity index (χ0v) is 16.7. The molecule has 1 amide bonds. The molecule has 0 aliphatic rings. The summed E-state index contributed by atoms with van der Waals surface area (Å²) in [4.78, 5) is 13.8. The number of carbonyl (C=O) groups is 1. The Morgan fingerprint density at radius 1 is 1.03 bits per heavy atom. The lowest BCUT2D eigenvalue weighted by Gasteiger charge is -2.17. The molecule has 0 aliphatic heterocycles. The highest BCUT2D eigenvalue weighted by Gasteiger charge is 2.30. The average Bonchev–Trinajstić information content (AvgIpc) is 2.67. The SMILES string of the molecule is COc1ccc(CCNC(=O)CN(C)Cc2cccc(C(F)(F)F)c2)cc1OC. The molecule has 2 aromatic carbocycles. The Kier molecular flexibility index (Phi) is 7.90. The fraction of sp³-hybridized carbons (Fsp3) is 0.381. The van der Waals surface area contributed by atoms with Crippen LogP contribution in [0.5, 0.6) is 11.5 Å². The normalized spacial score (nSPS) is 11.4. The van der Waals surface area contributed by atoms with Gasteiger partial charge in [-0.1, -0.05) is 24.3 Å². The van der Waals surface area contributed by atoms with Crippen molar-refractivity contribution in [1.82, 2.24) is 10.2 Å². The first-order valence-corrected chi connectivity index (χ1v) is 9.05. The average molecular weight is 410 g/mol. The second kappa shape index (κ2) is 10.2. The Bertz CT molecular complexity index is 825. The summed E-state index contributed by atoms with van der Waals surface area (Å²) in [6.07, 6.45) is -3.76. The van der Waals surface area contributed by atoms with Crippen LogP contribution in [-0.4, -0.2) is 45.2 Å². The number of methoxy groups -OCH3 is 2. The molecule has 0 radical (unpaired) electrons. The number of benzene rings is 2. The van der Waals surface area contributed by atoms with Crippen molar-refractivity contribution in [3.63, 3.8) is 0 Å². The minimum absolute atomic E-state index is 0.0855. The molecule has 158 valence electrons. The summed E-state index contributed by atoms with van der Waals surface area (Å²) in [6.45, 7) is 0.765. The fourth-order valence-corrected chi connectivity index (χ4v) is 2.90. The van der Waals surface area contributed by atoms with Crippen LogP contribution < -0.4 is 14.8 Å². The lowest BCUT2D eigenvalue weighted by atomic mass is 10.1. The Hall–Kier alpha value is -2.74. The minimum Gasteiger partial charge on any atom is -0.493 e. The Labute approximate surface area is 168 Å².